The number of amides is 1. The summed E-state index contributed by atoms with van der Waals surface area (Å²) < 4.78 is 14.7. The fraction of sp³-hybridized carbons (Fsp3) is 0.250. The molecule has 0 aliphatic carbocycles. The summed E-state index contributed by atoms with van der Waals surface area (Å²) in [6.45, 7) is 2.51. The third kappa shape index (κ3) is 5.04. The number of methoxy groups -OCH3 is 1. The fourth-order valence-electron chi connectivity index (χ4n) is 2.64. The highest BCUT2D eigenvalue weighted by molar-refractivity contribution is 7.09. The molecule has 140 valence electrons. The number of hydrogen-bond donors (Lipinski definition) is 1. The van der Waals surface area contributed by atoms with Crippen LogP contribution in [0.25, 0.3) is 10.4 Å². The van der Waals surface area contributed by atoms with Crippen molar-refractivity contribution in [3.63, 3.8) is 0 Å². The van der Waals surface area contributed by atoms with Crippen molar-refractivity contribution in [3.8, 4) is 21.9 Å². The van der Waals surface area contributed by atoms with Gasteiger partial charge in [0.25, 0.3) is 0 Å². The van der Waals surface area contributed by atoms with Gasteiger partial charge in [-0.25, -0.2) is 0 Å². The molecule has 27 heavy (non-hydrogen) atoms. The summed E-state index contributed by atoms with van der Waals surface area (Å²) in [4.78, 5) is 13.2. The average molecular weight is 383 g/mol. The molecule has 3 aromatic rings. The Hall–Kier alpha value is -2.93. The summed E-state index contributed by atoms with van der Waals surface area (Å²) in [5, 5.41) is 6.75. The minimum absolute atomic E-state index is 0.0324. The number of carbonyl (C=O) groups is 1. The predicted octanol–water partition coefficient (Wildman–Crippen LogP) is 4.18. The number of aryl methyl sites for hydroxylation is 1. The van der Waals surface area contributed by atoms with Crippen LogP contribution in [-0.4, -0.2) is 29.2 Å². The van der Waals surface area contributed by atoms with Crippen molar-refractivity contribution in [1.82, 2.24) is 9.59 Å². The van der Waals surface area contributed by atoms with Crippen molar-refractivity contribution in [2.45, 2.75) is 19.8 Å². The first-order valence-corrected chi connectivity index (χ1v) is 9.44. The molecule has 0 aliphatic rings. The van der Waals surface area contributed by atoms with Gasteiger partial charge < -0.3 is 14.8 Å². The van der Waals surface area contributed by atoms with Crippen molar-refractivity contribution >= 4 is 23.1 Å². The van der Waals surface area contributed by atoms with E-state index in [-0.39, 0.29) is 5.91 Å². The van der Waals surface area contributed by atoms with Gasteiger partial charge in [-0.1, -0.05) is 22.7 Å². The largest absolute Gasteiger partial charge is 0.493 e. The zero-order valence-corrected chi connectivity index (χ0v) is 16.1. The maximum atomic E-state index is 12.2. The van der Waals surface area contributed by atoms with Gasteiger partial charge in [-0.05, 0) is 60.3 Å². The average Bonchev–Trinajstić information content (AvgIpc) is 3.23. The Morgan fingerprint density at radius 3 is 2.63 bits per heavy atom. The number of ether oxygens (including phenoxy) is 2. The van der Waals surface area contributed by atoms with Crippen LogP contribution in [0.5, 0.6) is 11.5 Å². The molecule has 0 saturated carbocycles. The summed E-state index contributed by atoms with van der Waals surface area (Å²) in [7, 11) is 1.61. The topological polar surface area (TPSA) is 73.3 Å². The minimum atomic E-state index is -0.0324. The third-order valence-corrected chi connectivity index (χ3v) is 4.70. The molecule has 0 saturated heterocycles. The molecule has 7 heteroatoms. The van der Waals surface area contributed by atoms with E-state index in [2.05, 4.69) is 14.9 Å². The van der Waals surface area contributed by atoms with E-state index in [1.807, 2.05) is 49.4 Å². The van der Waals surface area contributed by atoms with Gasteiger partial charge in [0, 0.05) is 12.1 Å². The lowest BCUT2D eigenvalue weighted by atomic mass is 10.1. The molecule has 2 aromatic carbocycles. The first kappa shape index (κ1) is 18.8. The lowest BCUT2D eigenvalue weighted by molar-refractivity contribution is -0.116. The second kappa shape index (κ2) is 9.14. The van der Waals surface area contributed by atoms with E-state index < -0.39 is 0 Å². The zero-order valence-electron chi connectivity index (χ0n) is 15.3. The molecular formula is C20H21N3O3S. The maximum Gasteiger partial charge on any atom is 0.224 e. The number of anilines is 1. The number of aromatic nitrogens is 2. The Labute approximate surface area is 162 Å². The number of rotatable bonds is 8. The van der Waals surface area contributed by atoms with E-state index in [0.717, 1.165) is 21.7 Å². The first-order chi connectivity index (χ1) is 13.2. The SMILES string of the molecule is CCOc1ccc(CCC(=O)Nc2ccc(-c3cnns3)cc2)cc1OC. The monoisotopic (exact) mass is 383 g/mol. The fourth-order valence-corrected chi connectivity index (χ4v) is 3.15. The Morgan fingerprint density at radius 2 is 1.96 bits per heavy atom. The predicted molar refractivity (Wildman–Crippen MR) is 106 cm³/mol. The summed E-state index contributed by atoms with van der Waals surface area (Å²) >= 11 is 1.34. The van der Waals surface area contributed by atoms with Gasteiger partial charge in [0.1, 0.15) is 0 Å². The number of nitrogens with one attached hydrogen (secondary N) is 1. The second-order valence-electron chi connectivity index (χ2n) is 5.83. The van der Waals surface area contributed by atoms with Gasteiger partial charge in [0.15, 0.2) is 11.5 Å². The summed E-state index contributed by atoms with van der Waals surface area (Å²) in [5.41, 5.74) is 2.83. The molecule has 0 aliphatic heterocycles. The first-order valence-electron chi connectivity index (χ1n) is 8.67. The molecule has 3 rings (SSSR count). The zero-order chi connectivity index (χ0) is 19.1. The van der Waals surface area contributed by atoms with Crippen LogP contribution >= 0.6 is 11.5 Å². The molecule has 0 atom stereocenters. The van der Waals surface area contributed by atoms with E-state index in [4.69, 9.17) is 9.47 Å². The van der Waals surface area contributed by atoms with Crippen LogP contribution in [0.3, 0.4) is 0 Å². The quantitative estimate of drug-likeness (QED) is 0.632. The van der Waals surface area contributed by atoms with E-state index in [9.17, 15) is 4.79 Å². The van der Waals surface area contributed by atoms with E-state index in [0.29, 0.717) is 30.9 Å². The summed E-state index contributed by atoms with van der Waals surface area (Å²) in [6.07, 6.45) is 2.74. The molecule has 0 radical (unpaired) electrons. The van der Waals surface area contributed by atoms with Crippen molar-refractivity contribution in [3.05, 3.63) is 54.2 Å². The Bertz CT molecular complexity index is 880. The van der Waals surface area contributed by atoms with Crippen LogP contribution in [0.15, 0.2) is 48.7 Å². The van der Waals surface area contributed by atoms with Crippen LogP contribution in [0.4, 0.5) is 5.69 Å². The normalized spacial score (nSPS) is 10.4. The van der Waals surface area contributed by atoms with Crippen molar-refractivity contribution in [2.75, 3.05) is 19.0 Å². The number of carbonyl (C=O) groups excluding carboxylic acids is 1. The highest BCUT2D eigenvalue weighted by Crippen LogP contribution is 2.28. The van der Waals surface area contributed by atoms with Crippen molar-refractivity contribution < 1.29 is 14.3 Å². The Kier molecular flexibility index (Phi) is 6.38. The van der Waals surface area contributed by atoms with Crippen molar-refractivity contribution in [1.29, 1.82) is 0 Å². The minimum Gasteiger partial charge on any atom is -0.493 e. The van der Waals surface area contributed by atoms with Gasteiger partial charge in [-0.15, -0.1) is 5.10 Å². The van der Waals surface area contributed by atoms with Gasteiger partial charge in [-0.3, -0.25) is 4.79 Å². The lowest BCUT2D eigenvalue weighted by Gasteiger charge is -2.11. The van der Waals surface area contributed by atoms with Gasteiger partial charge in [0.2, 0.25) is 5.91 Å². The molecule has 0 bridgehead atoms. The van der Waals surface area contributed by atoms with E-state index in [1.54, 1.807) is 13.3 Å². The van der Waals surface area contributed by atoms with Crippen LogP contribution < -0.4 is 14.8 Å². The highest BCUT2D eigenvalue weighted by atomic mass is 32.1. The molecule has 1 aromatic heterocycles. The third-order valence-electron chi connectivity index (χ3n) is 3.98. The maximum absolute atomic E-state index is 12.2. The molecule has 1 heterocycles. The van der Waals surface area contributed by atoms with Crippen LogP contribution in [0.2, 0.25) is 0 Å². The Balaban J connectivity index is 1.55. The van der Waals surface area contributed by atoms with Crippen LogP contribution in [-0.2, 0) is 11.2 Å². The second-order valence-corrected chi connectivity index (χ2v) is 6.61. The molecule has 0 spiro atoms. The number of hydrogen-bond acceptors (Lipinski definition) is 6. The van der Waals surface area contributed by atoms with Gasteiger partial charge in [-0.2, -0.15) is 0 Å². The van der Waals surface area contributed by atoms with E-state index >= 15 is 0 Å². The van der Waals surface area contributed by atoms with E-state index in [1.165, 1.54) is 11.5 Å². The van der Waals surface area contributed by atoms with Gasteiger partial charge in [0.05, 0.1) is 24.8 Å². The highest BCUT2D eigenvalue weighted by Gasteiger charge is 2.08. The number of benzene rings is 2. The molecule has 1 amide bonds. The molecule has 0 unspecified atom stereocenters. The summed E-state index contributed by atoms with van der Waals surface area (Å²) in [6, 6.07) is 13.4. The molecular weight excluding hydrogens is 362 g/mol. The molecule has 1 N–H and O–H groups in total. The number of nitrogens with zero attached hydrogens (tertiary/aromatic N) is 2. The van der Waals surface area contributed by atoms with Crippen LogP contribution in [0.1, 0.15) is 18.9 Å². The van der Waals surface area contributed by atoms with Gasteiger partial charge >= 0.3 is 0 Å². The lowest BCUT2D eigenvalue weighted by Crippen LogP contribution is -2.12. The van der Waals surface area contributed by atoms with Crippen molar-refractivity contribution in [2.24, 2.45) is 0 Å². The molecule has 0 fully saturated rings. The van der Waals surface area contributed by atoms with Crippen LogP contribution in [0, 0.1) is 0 Å². The standard InChI is InChI=1S/C20H21N3O3S/c1-3-26-17-10-4-14(12-18(17)25-2)5-11-20(24)22-16-8-6-15(7-9-16)19-13-21-23-27-19/h4,6-10,12-13H,3,5,11H2,1-2H3,(H,22,24). The Morgan fingerprint density at radius 1 is 1.15 bits per heavy atom. The smallest absolute Gasteiger partial charge is 0.224 e. The summed E-state index contributed by atoms with van der Waals surface area (Å²) in [5.74, 6) is 1.36. The molecule has 6 nitrogen and oxygen atoms in total.